The number of carbonyl (C=O) groups excluding carboxylic acids is 2. The predicted octanol–water partition coefficient (Wildman–Crippen LogP) is 3.21. The van der Waals surface area contributed by atoms with E-state index in [9.17, 15) is 9.59 Å². The van der Waals surface area contributed by atoms with Crippen LogP contribution in [0.3, 0.4) is 0 Å². The molecule has 0 fully saturated rings. The number of rotatable bonds is 8. The van der Waals surface area contributed by atoms with E-state index in [2.05, 4.69) is 17.4 Å². The molecule has 0 bridgehead atoms. The van der Waals surface area contributed by atoms with Gasteiger partial charge >= 0.3 is 0 Å². The Labute approximate surface area is 136 Å². The number of aliphatic hydroxyl groups is 1. The molecule has 2 aromatic carbocycles. The number of Topliss-reactive ketones (excluding diaryl/α,β-unsaturated/α-hetero) is 1. The van der Waals surface area contributed by atoms with Crippen molar-refractivity contribution in [3.05, 3.63) is 65.7 Å². The van der Waals surface area contributed by atoms with Gasteiger partial charge in [-0.25, -0.2) is 0 Å². The van der Waals surface area contributed by atoms with Crippen LogP contribution in [0.2, 0.25) is 0 Å². The van der Waals surface area contributed by atoms with Gasteiger partial charge in [0.2, 0.25) is 5.91 Å². The maximum Gasteiger partial charge on any atom is 0.224 e. The summed E-state index contributed by atoms with van der Waals surface area (Å²) in [5, 5.41) is 11.6. The molecule has 2 rings (SSSR count). The molecule has 2 aromatic rings. The second-order valence-electron chi connectivity index (χ2n) is 5.40. The van der Waals surface area contributed by atoms with Crippen LogP contribution in [0.5, 0.6) is 0 Å². The molecule has 0 aliphatic rings. The summed E-state index contributed by atoms with van der Waals surface area (Å²) in [7, 11) is 0. The van der Waals surface area contributed by atoms with E-state index >= 15 is 0 Å². The molecule has 0 aliphatic carbocycles. The van der Waals surface area contributed by atoms with Crippen molar-refractivity contribution in [2.75, 3.05) is 11.9 Å². The largest absolute Gasteiger partial charge is 0.388 e. The lowest BCUT2D eigenvalue weighted by Gasteiger charge is -2.07. The van der Waals surface area contributed by atoms with Crippen LogP contribution >= 0.6 is 0 Å². The van der Waals surface area contributed by atoms with Crippen LogP contribution in [0.1, 0.15) is 35.2 Å². The summed E-state index contributed by atoms with van der Waals surface area (Å²) in [5.74, 6) is -0.421. The Morgan fingerprint density at radius 1 is 0.957 bits per heavy atom. The normalized spacial score (nSPS) is 10.3. The van der Waals surface area contributed by atoms with Gasteiger partial charge in [-0.1, -0.05) is 42.5 Å². The highest BCUT2D eigenvalue weighted by molar-refractivity contribution is 5.99. The van der Waals surface area contributed by atoms with Crippen molar-refractivity contribution in [1.29, 1.82) is 0 Å². The maximum absolute atomic E-state index is 11.9. The van der Waals surface area contributed by atoms with Gasteiger partial charge < -0.3 is 10.4 Å². The number of benzene rings is 2. The third-order valence-corrected chi connectivity index (χ3v) is 3.57. The first-order valence-corrected chi connectivity index (χ1v) is 7.77. The summed E-state index contributed by atoms with van der Waals surface area (Å²) >= 11 is 0. The van der Waals surface area contributed by atoms with Gasteiger partial charge in [0.25, 0.3) is 0 Å². The third kappa shape index (κ3) is 5.68. The first-order valence-electron chi connectivity index (χ1n) is 7.77. The first kappa shape index (κ1) is 16.9. The number of amides is 1. The molecule has 4 nitrogen and oxygen atoms in total. The van der Waals surface area contributed by atoms with Gasteiger partial charge in [-0.15, -0.1) is 0 Å². The lowest BCUT2D eigenvalue weighted by Crippen LogP contribution is -2.12. The molecular weight excluding hydrogens is 290 g/mol. The van der Waals surface area contributed by atoms with Crippen molar-refractivity contribution in [2.24, 2.45) is 0 Å². The number of unbranched alkanes of at least 4 members (excludes halogenated alkanes) is 1. The summed E-state index contributed by atoms with van der Waals surface area (Å²) in [6, 6.07) is 16.8. The predicted molar refractivity (Wildman–Crippen MR) is 90.5 cm³/mol. The SMILES string of the molecule is O=C(CCCCc1ccccc1)Nc1cccc(C(=O)CO)c1. The smallest absolute Gasteiger partial charge is 0.224 e. The summed E-state index contributed by atoms with van der Waals surface area (Å²) in [4.78, 5) is 23.4. The van der Waals surface area contributed by atoms with E-state index in [4.69, 9.17) is 5.11 Å². The molecule has 0 heterocycles. The van der Waals surface area contributed by atoms with Crippen molar-refractivity contribution in [3.8, 4) is 0 Å². The Bertz CT molecular complexity index is 653. The number of aliphatic hydroxyl groups excluding tert-OH is 1. The van der Waals surface area contributed by atoms with E-state index in [0.717, 1.165) is 19.3 Å². The van der Waals surface area contributed by atoms with E-state index in [1.54, 1.807) is 24.3 Å². The number of hydrogen-bond acceptors (Lipinski definition) is 3. The minimum Gasteiger partial charge on any atom is -0.388 e. The quantitative estimate of drug-likeness (QED) is 0.581. The average Bonchev–Trinajstić information content (AvgIpc) is 2.59. The molecule has 0 aromatic heterocycles. The summed E-state index contributed by atoms with van der Waals surface area (Å²) in [5.41, 5.74) is 2.26. The van der Waals surface area contributed by atoms with Gasteiger partial charge in [0.1, 0.15) is 6.61 Å². The molecule has 2 N–H and O–H groups in total. The number of carbonyl (C=O) groups is 2. The molecule has 0 saturated carbocycles. The van der Waals surface area contributed by atoms with Gasteiger partial charge in [0, 0.05) is 17.7 Å². The van der Waals surface area contributed by atoms with Crippen LogP contribution in [0.4, 0.5) is 5.69 Å². The Morgan fingerprint density at radius 2 is 1.74 bits per heavy atom. The lowest BCUT2D eigenvalue weighted by molar-refractivity contribution is -0.116. The fourth-order valence-electron chi connectivity index (χ4n) is 2.34. The van der Waals surface area contributed by atoms with Crippen molar-refractivity contribution in [2.45, 2.75) is 25.7 Å². The monoisotopic (exact) mass is 311 g/mol. The summed E-state index contributed by atoms with van der Waals surface area (Å²) in [6.45, 7) is -0.531. The van der Waals surface area contributed by atoms with E-state index in [-0.39, 0.29) is 11.7 Å². The Balaban J connectivity index is 1.75. The minimum absolute atomic E-state index is 0.0633. The number of hydrogen-bond donors (Lipinski definition) is 2. The molecule has 0 radical (unpaired) electrons. The topological polar surface area (TPSA) is 66.4 Å². The first-order chi connectivity index (χ1) is 11.2. The van der Waals surface area contributed by atoms with Crippen molar-refractivity contribution in [1.82, 2.24) is 0 Å². The molecule has 0 saturated heterocycles. The molecule has 4 heteroatoms. The lowest BCUT2D eigenvalue weighted by atomic mass is 10.1. The van der Waals surface area contributed by atoms with Crippen molar-refractivity contribution in [3.63, 3.8) is 0 Å². The van der Waals surface area contributed by atoms with Gasteiger partial charge in [-0.3, -0.25) is 9.59 Å². The molecule has 0 atom stereocenters. The fraction of sp³-hybridized carbons (Fsp3) is 0.263. The number of anilines is 1. The van der Waals surface area contributed by atoms with Gasteiger partial charge in [0.05, 0.1) is 0 Å². The van der Waals surface area contributed by atoms with Crippen molar-refractivity contribution >= 4 is 17.4 Å². The van der Waals surface area contributed by atoms with Crippen LogP contribution in [0, 0.1) is 0 Å². The second-order valence-corrected chi connectivity index (χ2v) is 5.40. The minimum atomic E-state index is -0.531. The van der Waals surface area contributed by atoms with E-state index in [1.807, 2.05) is 18.2 Å². The zero-order valence-electron chi connectivity index (χ0n) is 13.0. The zero-order chi connectivity index (χ0) is 16.5. The molecular formula is C19H21NO3. The molecule has 0 spiro atoms. The number of aryl methyl sites for hydroxylation is 1. The molecule has 1 amide bonds. The highest BCUT2D eigenvalue weighted by Gasteiger charge is 2.07. The maximum atomic E-state index is 11.9. The van der Waals surface area contributed by atoms with E-state index < -0.39 is 6.61 Å². The van der Waals surface area contributed by atoms with E-state index in [0.29, 0.717) is 17.7 Å². The molecule has 0 aliphatic heterocycles. The Hall–Kier alpha value is -2.46. The van der Waals surface area contributed by atoms with Gasteiger partial charge in [-0.05, 0) is 37.0 Å². The van der Waals surface area contributed by atoms with E-state index in [1.165, 1.54) is 5.56 Å². The van der Waals surface area contributed by atoms with Gasteiger partial charge in [-0.2, -0.15) is 0 Å². The Kier molecular flexibility index (Phi) is 6.51. The molecule has 0 unspecified atom stereocenters. The highest BCUT2D eigenvalue weighted by atomic mass is 16.3. The number of nitrogens with one attached hydrogen (secondary N) is 1. The standard InChI is InChI=1S/C19H21NO3/c21-14-18(22)16-10-6-11-17(13-16)20-19(23)12-5-4-9-15-7-2-1-3-8-15/h1-3,6-8,10-11,13,21H,4-5,9,12,14H2,(H,20,23). The van der Waals surface area contributed by atoms with Crippen LogP contribution < -0.4 is 5.32 Å². The van der Waals surface area contributed by atoms with Crippen molar-refractivity contribution < 1.29 is 14.7 Å². The Morgan fingerprint density at radius 3 is 2.48 bits per heavy atom. The second kappa shape index (κ2) is 8.86. The summed E-state index contributed by atoms with van der Waals surface area (Å²) < 4.78 is 0. The molecule has 23 heavy (non-hydrogen) atoms. The van der Waals surface area contributed by atoms with Crippen LogP contribution in [-0.2, 0) is 11.2 Å². The zero-order valence-corrected chi connectivity index (χ0v) is 13.0. The van der Waals surface area contributed by atoms with Crippen LogP contribution in [0.15, 0.2) is 54.6 Å². The highest BCUT2D eigenvalue weighted by Crippen LogP contribution is 2.13. The van der Waals surface area contributed by atoms with Crippen LogP contribution in [-0.4, -0.2) is 23.4 Å². The van der Waals surface area contributed by atoms with Crippen LogP contribution in [0.25, 0.3) is 0 Å². The fourth-order valence-corrected chi connectivity index (χ4v) is 2.34. The number of ketones is 1. The molecule has 120 valence electrons. The summed E-state index contributed by atoms with van der Waals surface area (Å²) in [6.07, 6.45) is 3.19. The average molecular weight is 311 g/mol. The third-order valence-electron chi connectivity index (χ3n) is 3.57. The van der Waals surface area contributed by atoms with Gasteiger partial charge in [0.15, 0.2) is 5.78 Å².